The summed E-state index contributed by atoms with van der Waals surface area (Å²) in [6.07, 6.45) is 1.33. The fourth-order valence-corrected chi connectivity index (χ4v) is 4.05. The van der Waals surface area contributed by atoms with Gasteiger partial charge in [0.05, 0.1) is 12.7 Å². The molecule has 0 bridgehead atoms. The number of hydrogen-bond acceptors (Lipinski definition) is 6. The van der Waals surface area contributed by atoms with E-state index in [0.717, 1.165) is 0 Å². The number of fused-ring (bicyclic) bond motifs is 1. The summed E-state index contributed by atoms with van der Waals surface area (Å²) in [6, 6.07) is 4.94. The number of sulfonamides is 1. The number of amides is 1. The molecule has 0 unspecified atom stereocenters. The molecule has 2 aromatic rings. The number of unbranched alkanes of at least 4 members (excludes halogenated alkanes) is 2. The lowest BCUT2D eigenvalue weighted by molar-refractivity contribution is -0.0447. The van der Waals surface area contributed by atoms with E-state index in [-0.39, 0.29) is 25.2 Å². The second-order valence-electron chi connectivity index (χ2n) is 8.99. The molecule has 0 aliphatic carbocycles. The van der Waals surface area contributed by atoms with Crippen LogP contribution in [0.3, 0.4) is 0 Å². The van der Waals surface area contributed by atoms with Gasteiger partial charge in [0.15, 0.2) is 0 Å². The standard InChI is InChI=1S/C21H26Cl3F3N4O5S/c1-19(2,3)36-18(33)30(11-6-4-5-10-29-37(34,35)21(25,26)27)13-14-8-7-9-16-28-12-15(31(14)16)17(32)20(22,23)24/h7-9,12,29H,4-6,10-11,13H2,1-3H3. The summed E-state index contributed by atoms with van der Waals surface area (Å²) in [5.41, 5.74) is -5.38. The maximum absolute atomic E-state index is 12.9. The molecule has 9 nitrogen and oxygen atoms in total. The van der Waals surface area contributed by atoms with Gasteiger partial charge in [-0.3, -0.25) is 9.20 Å². The largest absolute Gasteiger partial charge is 0.511 e. The van der Waals surface area contributed by atoms with Crippen LogP contribution in [0, 0.1) is 0 Å². The third-order valence-corrected chi connectivity index (χ3v) is 6.51. The van der Waals surface area contributed by atoms with E-state index in [1.54, 1.807) is 39.0 Å². The van der Waals surface area contributed by atoms with Crippen LogP contribution in [0.5, 0.6) is 0 Å². The minimum atomic E-state index is -5.41. The number of halogens is 6. The zero-order chi connectivity index (χ0) is 28.2. The number of hydrogen-bond donors (Lipinski definition) is 1. The van der Waals surface area contributed by atoms with Gasteiger partial charge in [0, 0.05) is 18.8 Å². The predicted octanol–water partition coefficient (Wildman–Crippen LogP) is 5.23. The highest BCUT2D eigenvalue weighted by molar-refractivity contribution is 7.90. The van der Waals surface area contributed by atoms with Crippen LogP contribution in [-0.4, -0.2) is 62.6 Å². The molecular formula is C21H26Cl3F3N4O5S. The summed E-state index contributed by atoms with van der Waals surface area (Å²) in [7, 11) is -5.41. The Morgan fingerprint density at radius 3 is 2.32 bits per heavy atom. The summed E-state index contributed by atoms with van der Waals surface area (Å²) in [5.74, 6) is -0.817. The van der Waals surface area contributed by atoms with Gasteiger partial charge in [-0.2, -0.15) is 13.2 Å². The van der Waals surface area contributed by atoms with Crippen LogP contribution in [-0.2, 0) is 21.3 Å². The molecule has 0 aliphatic rings. The number of Topliss-reactive ketones (excluding diaryl/α,β-unsaturated/α-hetero) is 1. The van der Waals surface area contributed by atoms with Crippen LogP contribution in [0.2, 0.25) is 0 Å². The average molecular weight is 610 g/mol. The molecule has 208 valence electrons. The van der Waals surface area contributed by atoms with Crippen LogP contribution < -0.4 is 4.72 Å². The summed E-state index contributed by atoms with van der Waals surface area (Å²) in [4.78, 5) is 31.0. The highest BCUT2D eigenvalue weighted by atomic mass is 35.6. The van der Waals surface area contributed by atoms with E-state index in [1.165, 1.54) is 20.2 Å². The second-order valence-corrected chi connectivity index (χ2v) is 13.0. The van der Waals surface area contributed by atoms with Crippen molar-refractivity contribution in [1.29, 1.82) is 0 Å². The Morgan fingerprint density at radius 2 is 1.76 bits per heavy atom. The van der Waals surface area contributed by atoms with Crippen LogP contribution in [0.1, 0.15) is 56.2 Å². The summed E-state index contributed by atoms with van der Waals surface area (Å²) in [5, 5.41) is 0. The number of carbonyl (C=O) groups is 2. The van der Waals surface area contributed by atoms with Crippen LogP contribution in [0.25, 0.3) is 5.65 Å². The van der Waals surface area contributed by atoms with E-state index in [1.807, 2.05) is 0 Å². The molecule has 0 atom stereocenters. The number of aromatic nitrogens is 2. The molecule has 0 spiro atoms. The number of pyridine rings is 1. The molecule has 1 N–H and O–H groups in total. The second kappa shape index (κ2) is 11.9. The molecule has 0 aromatic carbocycles. The van der Waals surface area contributed by atoms with Crippen molar-refractivity contribution in [2.24, 2.45) is 0 Å². The zero-order valence-electron chi connectivity index (χ0n) is 20.1. The van der Waals surface area contributed by atoms with Gasteiger partial charge in [0.1, 0.15) is 16.9 Å². The van der Waals surface area contributed by atoms with E-state index < -0.39 is 43.3 Å². The van der Waals surface area contributed by atoms with Crippen molar-refractivity contribution in [1.82, 2.24) is 19.0 Å². The van der Waals surface area contributed by atoms with Crippen molar-refractivity contribution in [2.45, 2.75) is 61.5 Å². The van der Waals surface area contributed by atoms with Crippen molar-refractivity contribution in [3.63, 3.8) is 0 Å². The Labute approximate surface area is 227 Å². The van der Waals surface area contributed by atoms with Crippen LogP contribution in [0.15, 0.2) is 24.4 Å². The molecule has 37 heavy (non-hydrogen) atoms. The zero-order valence-corrected chi connectivity index (χ0v) is 23.2. The van der Waals surface area contributed by atoms with E-state index in [2.05, 4.69) is 4.98 Å². The highest BCUT2D eigenvalue weighted by Gasteiger charge is 2.45. The maximum Gasteiger partial charge on any atom is 0.511 e. The van der Waals surface area contributed by atoms with Gasteiger partial charge in [0.25, 0.3) is 3.79 Å². The van der Waals surface area contributed by atoms with E-state index in [0.29, 0.717) is 24.2 Å². The SMILES string of the molecule is CC(C)(C)OC(=O)N(CCCCCNS(=O)(=O)C(F)(F)F)Cc1cccc2ncc(C(=O)C(Cl)(Cl)Cl)n12. The van der Waals surface area contributed by atoms with E-state index in [9.17, 15) is 31.2 Å². The van der Waals surface area contributed by atoms with Crippen LogP contribution >= 0.6 is 34.8 Å². The first-order valence-electron chi connectivity index (χ1n) is 10.9. The number of ketones is 1. The Kier molecular flexibility index (Phi) is 10.1. The van der Waals surface area contributed by atoms with Gasteiger partial charge in [0.2, 0.25) is 5.78 Å². The molecule has 2 aromatic heterocycles. The highest BCUT2D eigenvalue weighted by Crippen LogP contribution is 2.31. The normalized spacial score (nSPS) is 13.1. The smallest absolute Gasteiger partial charge is 0.444 e. The lowest BCUT2D eigenvalue weighted by Gasteiger charge is -2.28. The Bertz CT molecular complexity index is 1220. The molecule has 0 radical (unpaired) electrons. The lowest BCUT2D eigenvalue weighted by atomic mass is 10.2. The topological polar surface area (TPSA) is 110 Å². The molecule has 2 rings (SSSR count). The Hall–Kier alpha value is -1.80. The van der Waals surface area contributed by atoms with Crippen molar-refractivity contribution >= 4 is 62.3 Å². The third-order valence-electron chi connectivity index (χ3n) is 4.81. The number of imidazole rings is 1. The molecule has 0 saturated carbocycles. The van der Waals surface area contributed by atoms with E-state index in [4.69, 9.17) is 39.5 Å². The fourth-order valence-electron chi connectivity index (χ4n) is 3.18. The van der Waals surface area contributed by atoms with E-state index >= 15 is 0 Å². The molecule has 0 saturated heterocycles. The van der Waals surface area contributed by atoms with Crippen molar-refractivity contribution < 1.29 is 35.9 Å². The number of ether oxygens (including phenoxy) is 1. The molecule has 0 fully saturated rings. The summed E-state index contributed by atoms with van der Waals surface area (Å²) in [6.45, 7) is 4.73. The number of alkyl halides is 6. The Balaban J connectivity index is 2.18. The minimum absolute atomic E-state index is 0.00770. The quantitative estimate of drug-likeness (QED) is 0.224. The Morgan fingerprint density at radius 1 is 1.11 bits per heavy atom. The molecule has 2 heterocycles. The van der Waals surface area contributed by atoms with Crippen molar-refractivity contribution in [3.8, 4) is 0 Å². The van der Waals surface area contributed by atoms with Gasteiger partial charge in [-0.15, -0.1) is 0 Å². The van der Waals surface area contributed by atoms with Gasteiger partial charge in [-0.05, 0) is 45.7 Å². The van der Waals surface area contributed by atoms with Gasteiger partial charge < -0.3 is 9.64 Å². The predicted molar refractivity (Wildman–Crippen MR) is 133 cm³/mol. The van der Waals surface area contributed by atoms with Gasteiger partial charge >= 0.3 is 21.6 Å². The number of carbonyl (C=O) groups excluding carboxylic acids is 2. The first-order valence-corrected chi connectivity index (χ1v) is 13.6. The summed E-state index contributed by atoms with van der Waals surface area (Å²) >= 11 is 17.3. The number of nitrogens with zero attached hydrogens (tertiary/aromatic N) is 3. The third kappa shape index (κ3) is 8.88. The summed E-state index contributed by atoms with van der Waals surface area (Å²) < 4.78 is 65.6. The first kappa shape index (κ1) is 31.4. The molecular weight excluding hydrogens is 584 g/mol. The first-order chi connectivity index (χ1) is 16.8. The lowest BCUT2D eigenvalue weighted by Crippen LogP contribution is -2.38. The molecule has 1 amide bonds. The van der Waals surface area contributed by atoms with Gasteiger partial charge in [-0.25, -0.2) is 22.9 Å². The minimum Gasteiger partial charge on any atom is -0.444 e. The number of rotatable bonds is 10. The maximum atomic E-state index is 12.9. The average Bonchev–Trinajstić information content (AvgIpc) is 3.16. The van der Waals surface area contributed by atoms with Crippen LogP contribution in [0.4, 0.5) is 18.0 Å². The van der Waals surface area contributed by atoms with Crippen molar-refractivity contribution in [3.05, 3.63) is 35.8 Å². The fraction of sp³-hybridized carbons (Fsp3) is 0.571. The molecule has 16 heteroatoms. The molecule has 0 aliphatic heterocycles. The van der Waals surface area contributed by atoms with Crippen molar-refractivity contribution in [2.75, 3.05) is 13.1 Å². The monoisotopic (exact) mass is 608 g/mol. The van der Waals surface area contributed by atoms with Gasteiger partial charge in [-0.1, -0.05) is 47.3 Å². The number of nitrogens with one attached hydrogen (secondary N) is 1.